The fourth-order valence-corrected chi connectivity index (χ4v) is 1.56. The average molecular weight is 231 g/mol. The summed E-state index contributed by atoms with van der Waals surface area (Å²) in [5.41, 5.74) is 6.76. The molecule has 1 heterocycles. The molecular formula is C13H13NO3. The predicted molar refractivity (Wildman–Crippen MR) is 63.3 cm³/mol. The number of carbonyl (C=O) groups excluding carboxylic acids is 1. The molecule has 0 aliphatic rings. The molecule has 0 aliphatic heterocycles. The van der Waals surface area contributed by atoms with Gasteiger partial charge in [-0.25, -0.2) is 0 Å². The zero-order valence-corrected chi connectivity index (χ0v) is 9.38. The molecule has 0 radical (unpaired) electrons. The maximum absolute atomic E-state index is 11.1. The van der Waals surface area contributed by atoms with E-state index in [0.717, 1.165) is 5.56 Å². The van der Waals surface area contributed by atoms with E-state index in [1.807, 2.05) is 6.07 Å². The minimum atomic E-state index is -1.02. The summed E-state index contributed by atoms with van der Waals surface area (Å²) in [7, 11) is 0. The van der Waals surface area contributed by atoms with Gasteiger partial charge in [-0.3, -0.25) is 4.79 Å². The van der Waals surface area contributed by atoms with E-state index in [0.29, 0.717) is 17.1 Å². The summed E-state index contributed by atoms with van der Waals surface area (Å²) in [5, 5.41) is 9.28. The molecule has 0 spiro atoms. The van der Waals surface area contributed by atoms with Gasteiger partial charge in [0.1, 0.15) is 12.0 Å². The number of benzene rings is 1. The van der Waals surface area contributed by atoms with E-state index in [1.165, 1.54) is 6.92 Å². The number of rotatable bonds is 3. The van der Waals surface area contributed by atoms with Gasteiger partial charge in [0.2, 0.25) is 0 Å². The number of hydrogen-bond donors (Lipinski definition) is 2. The van der Waals surface area contributed by atoms with Crippen molar-refractivity contribution in [3.05, 3.63) is 47.7 Å². The first-order valence-electron chi connectivity index (χ1n) is 5.22. The van der Waals surface area contributed by atoms with Crippen molar-refractivity contribution in [2.45, 2.75) is 13.2 Å². The normalized spacial score (nSPS) is 12.4. The largest absolute Gasteiger partial charge is 0.453 e. The van der Waals surface area contributed by atoms with E-state index in [4.69, 9.17) is 10.2 Å². The average Bonchev–Trinajstić information content (AvgIpc) is 2.78. The van der Waals surface area contributed by atoms with Gasteiger partial charge in [-0.1, -0.05) is 18.2 Å². The number of hydrogen-bond acceptors (Lipinski definition) is 4. The van der Waals surface area contributed by atoms with Crippen LogP contribution < -0.4 is 5.73 Å². The summed E-state index contributed by atoms with van der Waals surface area (Å²) in [5.74, 6) is 0.780. The lowest BCUT2D eigenvalue weighted by atomic mass is 10.1. The fourth-order valence-electron chi connectivity index (χ4n) is 1.56. The first-order chi connectivity index (χ1) is 8.08. The van der Waals surface area contributed by atoms with Gasteiger partial charge < -0.3 is 15.3 Å². The van der Waals surface area contributed by atoms with Gasteiger partial charge in [-0.2, -0.15) is 0 Å². The van der Waals surface area contributed by atoms with Gasteiger partial charge in [0.05, 0.1) is 0 Å². The molecule has 4 nitrogen and oxygen atoms in total. The number of aliphatic hydroxyl groups is 1. The highest BCUT2D eigenvalue weighted by Crippen LogP contribution is 2.24. The quantitative estimate of drug-likeness (QED) is 0.626. The Morgan fingerprint density at radius 2 is 2.12 bits per heavy atom. The molecule has 17 heavy (non-hydrogen) atoms. The summed E-state index contributed by atoms with van der Waals surface area (Å²) in [6, 6.07) is 10.4. The zero-order valence-electron chi connectivity index (χ0n) is 9.38. The maximum atomic E-state index is 11.1. The summed E-state index contributed by atoms with van der Waals surface area (Å²) in [6.07, 6.45) is -1.02. The lowest BCUT2D eigenvalue weighted by Gasteiger charge is -2.05. The molecule has 0 amide bonds. The number of ketones is 1. The van der Waals surface area contributed by atoms with Crippen LogP contribution in [-0.2, 0) is 0 Å². The van der Waals surface area contributed by atoms with Crippen molar-refractivity contribution in [2.24, 2.45) is 5.73 Å². The molecule has 88 valence electrons. The lowest BCUT2D eigenvalue weighted by molar-refractivity contribution is 0.0988. The van der Waals surface area contributed by atoms with Crippen LogP contribution in [-0.4, -0.2) is 10.9 Å². The number of furan rings is 1. The predicted octanol–water partition coefficient (Wildman–Crippen LogP) is 2.10. The van der Waals surface area contributed by atoms with Gasteiger partial charge >= 0.3 is 0 Å². The molecule has 0 bridgehead atoms. The second-order valence-corrected chi connectivity index (χ2v) is 3.79. The molecule has 2 rings (SSSR count). The Labute approximate surface area is 98.7 Å². The fraction of sp³-hybridized carbons (Fsp3) is 0.154. The van der Waals surface area contributed by atoms with E-state index in [9.17, 15) is 9.90 Å². The van der Waals surface area contributed by atoms with Crippen molar-refractivity contribution >= 4 is 5.78 Å². The summed E-state index contributed by atoms with van der Waals surface area (Å²) in [4.78, 5) is 11.1. The second kappa shape index (κ2) is 4.53. The third-order valence-corrected chi connectivity index (χ3v) is 2.47. The molecule has 0 saturated heterocycles. The van der Waals surface area contributed by atoms with Crippen LogP contribution in [0.1, 0.15) is 29.3 Å². The third-order valence-electron chi connectivity index (χ3n) is 2.47. The topological polar surface area (TPSA) is 76.5 Å². The highest BCUT2D eigenvalue weighted by Gasteiger charge is 2.09. The van der Waals surface area contributed by atoms with Crippen molar-refractivity contribution in [1.82, 2.24) is 0 Å². The molecule has 3 N–H and O–H groups in total. The van der Waals surface area contributed by atoms with Crippen molar-refractivity contribution in [3.63, 3.8) is 0 Å². The Morgan fingerprint density at radius 1 is 1.35 bits per heavy atom. The van der Waals surface area contributed by atoms with E-state index >= 15 is 0 Å². The summed E-state index contributed by atoms with van der Waals surface area (Å²) < 4.78 is 5.39. The first-order valence-corrected chi connectivity index (χ1v) is 5.22. The molecule has 1 unspecified atom stereocenters. The standard InChI is InChI=1S/C13H13NO3/c1-8(15)11-5-6-12(17-11)9-3-2-4-10(7-9)13(14)16/h2-7,13,16H,14H2,1H3. The van der Waals surface area contributed by atoms with Crippen LogP contribution >= 0.6 is 0 Å². The van der Waals surface area contributed by atoms with Crippen LogP contribution in [0.3, 0.4) is 0 Å². The maximum Gasteiger partial charge on any atom is 0.194 e. The molecule has 0 saturated carbocycles. The van der Waals surface area contributed by atoms with Gasteiger partial charge in [-0.15, -0.1) is 0 Å². The summed E-state index contributed by atoms with van der Waals surface area (Å²) in [6.45, 7) is 1.45. The van der Waals surface area contributed by atoms with E-state index in [1.54, 1.807) is 30.3 Å². The van der Waals surface area contributed by atoms with Crippen molar-refractivity contribution in [3.8, 4) is 11.3 Å². The smallest absolute Gasteiger partial charge is 0.194 e. The Hall–Kier alpha value is -1.91. The molecule has 2 aromatic rings. The van der Waals surface area contributed by atoms with Gasteiger partial charge in [0, 0.05) is 12.5 Å². The highest BCUT2D eigenvalue weighted by molar-refractivity contribution is 5.91. The van der Waals surface area contributed by atoms with Crippen LogP contribution in [0.4, 0.5) is 0 Å². The van der Waals surface area contributed by atoms with Crippen molar-refractivity contribution < 1.29 is 14.3 Å². The number of aliphatic hydroxyl groups excluding tert-OH is 1. The number of nitrogens with two attached hydrogens (primary N) is 1. The van der Waals surface area contributed by atoms with E-state index in [-0.39, 0.29) is 5.78 Å². The molecule has 0 fully saturated rings. The van der Waals surface area contributed by atoms with Crippen molar-refractivity contribution in [1.29, 1.82) is 0 Å². The number of carbonyl (C=O) groups is 1. The zero-order chi connectivity index (χ0) is 12.4. The van der Waals surface area contributed by atoms with Gasteiger partial charge in [0.25, 0.3) is 0 Å². The third kappa shape index (κ3) is 2.43. The molecule has 4 heteroatoms. The minimum absolute atomic E-state index is 0.119. The van der Waals surface area contributed by atoms with E-state index in [2.05, 4.69) is 0 Å². The van der Waals surface area contributed by atoms with E-state index < -0.39 is 6.23 Å². The Kier molecular flexibility index (Phi) is 3.08. The van der Waals surface area contributed by atoms with Gasteiger partial charge in [0.15, 0.2) is 11.5 Å². The van der Waals surface area contributed by atoms with Crippen LogP contribution in [0.5, 0.6) is 0 Å². The number of Topliss-reactive ketones (excluding diaryl/α,β-unsaturated/α-hetero) is 1. The second-order valence-electron chi connectivity index (χ2n) is 3.79. The SMILES string of the molecule is CC(=O)c1ccc(-c2cccc(C(N)O)c2)o1. The molecular weight excluding hydrogens is 218 g/mol. The lowest BCUT2D eigenvalue weighted by Crippen LogP contribution is -2.08. The van der Waals surface area contributed by atoms with Crippen LogP contribution in [0.2, 0.25) is 0 Å². The molecule has 1 aromatic carbocycles. The first kappa shape index (κ1) is 11.6. The summed E-state index contributed by atoms with van der Waals surface area (Å²) >= 11 is 0. The monoisotopic (exact) mass is 231 g/mol. The van der Waals surface area contributed by atoms with Crippen molar-refractivity contribution in [2.75, 3.05) is 0 Å². The Bertz CT molecular complexity index is 543. The highest BCUT2D eigenvalue weighted by atomic mass is 16.3. The minimum Gasteiger partial charge on any atom is -0.453 e. The Balaban J connectivity index is 2.38. The van der Waals surface area contributed by atoms with Gasteiger partial charge in [-0.05, 0) is 23.8 Å². The van der Waals surface area contributed by atoms with Crippen LogP contribution in [0, 0.1) is 0 Å². The molecule has 1 atom stereocenters. The Morgan fingerprint density at radius 3 is 2.71 bits per heavy atom. The molecule has 0 aliphatic carbocycles. The molecule has 1 aromatic heterocycles. The van der Waals surface area contributed by atoms with Crippen LogP contribution in [0.25, 0.3) is 11.3 Å². The van der Waals surface area contributed by atoms with Crippen LogP contribution in [0.15, 0.2) is 40.8 Å².